The number of hydrogen-bond acceptors (Lipinski definition) is 2. The molecule has 0 bridgehead atoms. The van der Waals surface area contributed by atoms with E-state index in [0.29, 0.717) is 5.56 Å². The van der Waals surface area contributed by atoms with E-state index >= 15 is 0 Å². The summed E-state index contributed by atoms with van der Waals surface area (Å²) in [5, 5.41) is -0.493. The molecule has 0 aliphatic carbocycles. The van der Waals surface area contributed by atoms with Gasteiger partial charge < -0.3 is 0 Å². The van der Waals surface area contributed by atoms with Gasteiger partial charge in [-0.3, -0.25) is 4.79 Å². The highest BCUT2D eigenvalue weighted by Gasteiger charge is 2.18. The molecule has 0 spiro atoms. The first-order valence-electron chi connectivity index (χ1n) is 5.89. The molecule has 5 heteroatoms. The quantitative estimate of drug-likeness (QED) is 0.560. The smallest absolute Gasteiger partial charge is 0.175 e. The molecule has 1 nitrogen and oxygen atoms in total. The summed E-state index contributed by atoms with van der Waals surface area (Å²) in [7, 11) is 0. The van der Waals surface area contributed by atoms with Gasteiger partial charge in [-0.2, -0.15) is 0 Å². The van der Waals surface area contributed by atoms with Gasteiger partial charge in [0.2, 0.25) is 0 Å². The molecule has 104 valence electrons. The summed E-state index contributed by atoms with van der Waals surface area (Å²) in [6, 6.07) is 10.2. The second-order valence-corrected chi connectivity index (χ2v) is 6.50. The number of hydrogen-bond donors (Lipinski definition) is 0. The van der Waals surface area contributed by atoms with Crippen LogP contribution in [-0.4, -0.2) is 11.0 Å². The van der Waals surface area contributed by atoms with Crippen molar-refractivity contribution < 1.29 is 13.6 Å². The normalized spacial score (nSPS) is 12.2. The van der Waals surface area contributed by atoms with Crippen molar-refractivity contribution in [2.24, 2.45) is 0 Å². The molecule has 0 aliphatic heterocycles. The minimum Gasteiger partial charge on any atom is -0.293 e. The fourth-order valence-electron chi connectivity index (χ4n) is 1.66. The zero-order chi connectivity index (χ0) is 14.7. The maximum Gasteiger partial charge on any atom is 0.175 e. The first kappa shape index (κ1) is 15.2. The number of ketones is 1. The van der Waals surface area contributed by atoms with Crippen molar-refractivity contribution in [3.8, 4) is 0 Å². The molecule has 0 N–H and O–H groups in total. The van der Waals surface area contributed by atoms with E-state index in [9.17, 15) is 13.6 Å². The van der Waals surface area contributed by atoms with Crippen molar-refractivity contribution in [3.63, 3.8) is 0 Å². The highest BCUT2D eigenvalue weighted by molar-refractivity contribution is 9.10. The lowest BCUT2D eigenvalue weighted by Gasteiger charge is -2.11. The van der Waals surface area contributed by atoms with Gasteiger partial charge in [0.25, 0.3) is 0 Å². The summed E-state index contributed by atoms with van der Waals surface area (Å²) < 4.78 is 27.5. The minimum absolute atomic E-state index is 0.119. The van der Waals surface area contributed by atoms with Gasteiger partial charge in [0.1, 0.15) is 11.6 Å². The third kappa shape index (κ3) is 3.67. The average molecular weight is 357 g/mol. The van der Waals surface area contributed by atoms with Crippen molar-refractivity contribution in [1.82, 2.24) is 0 Å². The highest BCUT2D eigenvalue weighted by Crippen LogP contribution is 2.28. The zero-order valence-corrected chi connectivity index (χ0v) is 13.0. The van der Waals surface area contributed by atoms with E-state index in [2.05, 4.69) is 15.9 Å². The predicted octanol–water partition coefficient (Wildman–Crippen LogP) is 5.09. The Kier molecular flexibility index (Phi) is 4.94. The second kappa shape index (κ2) is 6.50. The number of carbonyl (C=O) groups excluding carboxylic acids is 1. The Morgan fingerprint density at radius 1 is 1.15 bits per heavy atom. The number of thioether (sulfide) groups is 1. The Morgan fingerprint density at radius 3 is 2.45 bits per heavy atom. The topological polar surface area (TPSA) is 17.1 Å². The zero-order valence-electron chi connectivity index (χ0n) is 10.6. The number of rotatable bonds is 4. The molecule has 2 aromatic carbocycles. The lowest BCUT2D eigenvalue weighted by molar-refractivity contribution is 0.0994. The fourth-order valence-corrected chi connectivity index (χ4v) is 2.91. The monoisotopic (exact) mass is 356 g/mol. The summed E-state index contributed by atoms with van der Waals surface area (Å²) in [5.41, 5.74) is 0.546. The number of Topliss-reactive ketones (excluding diaryl/α,β-unsaturated/α-hetero) is 1. The molecule has 0 radical (unpaired) electrons. The maximum atomic E-state index is 13.5. The molecular weight excluding hydrogens is 346 g/mol. The van der Waals surface area contributed by atoms with Crippen molar-refractivity contribution in [2.75, 3.05) is 0 Å². The van der Waals surface area contributed by atoms with E-state index in [1.807, 2.05) is 0 Å². The SMILES string of the molecule is CC(Sc1cc(F)ccc1F)C(=O)c1ccc(Br)cc1. The molecule has 0 amide bonds. The van der Waals surface area contributed by atoms with E-state index in [1.165, 1.54) is 0 Å². The molecule has 0 aromatic heterocycles. The number of halogens is 3. The minimum atomic E-state index is -0.521. The summed E-state index contributed by atoms with van der Waals surface area (Å²) >= 11 is 4.31. The van der Waals surface area contributed by atoms with Gasteiger partial charge in [-0.1, -0.05) is 28.1 Å². The lowest BCUT2D eigenvalue weighted by Crippen LogP contribution is -2.13. The Labute approximate surface area is 128 Å². The van der Waals surface area contributed by atoms with Gasteiger partial charge in [-0.25, -0.2) is 8.78 Å². The van der Waals surface area contributed by atoms with Crippen LogP contribution in [0.4, 0.5) is 8.78 Å². The van der Waals surface area contributed by atoms with Gasteiger partial charge in [-0.05, 0) is 37.3 Å². The van der Waals surface area contributed by atoms with Crippen molar-refractivity contribution in [2.45, 2.75) is 17.1 Å². The van der Waals surface area contributed by atoms with Crippen LogP contribution < -0.4 is 0 Å². The Bertz CT molecular complexity index is 628. The van der Waals surface area contributed by atoms with Crippen LogP contribution in [0.2, 0.25) is 0 Å². The molecule has 0 saturated heterocycles. The van der Waals surface area contributed by atoms with Crippen molar-refractivity contribution in [1.29, 1.82) is 0 Å². The van der Waals surface area contributed by atoms with E-state index in [-0.39, 0.29) is 10.7 Å². The molecule has 0 aliphatic rings. The Hall–Kier alpha value is -1.20. The van der Waals surface area contributed by atoms with Crippen molar-refractivity contribution >= 4 is 33.5 Å². The van der Waals surface area contributed by atoms with Crippen LogP contribution in [0.1, 0.15) is 17.3 Å². The molecule has 0 saturated carbocycles. The van der Waals surface area contributed by atoms with E-state index in [0.717, 1.165) is 34.4 Å². The molecule has 2 rings (SSSR count). The van der Waals surface area contributed by atoms with Gasteiger partial charge >= 0.3 is 0 Å². The molecule has 2 aromatic rings. The van der Waals surface area contributed by atoms with E-state index in [4.69, 9.17) is 0 Å². The lowest BCUT2D eigenvalue weighted by atomic mass is 10.1. The van der Waals surface area contributed by atoms with Gasteiger partial charge in [0.15, 0.2) is 5.78 Å². The molecule has 0 heterocycles. The summed E-state index contributed by atoms with van der Waals surface area (Å²) in [5.74, 6) is -1.16. The first-order chi connectivity index (χ1) is 9.47. The van der Waals surface area contributed by atoms with Crippen LogP contribution in [0.15, 0.2) is 51.8 Å². The van der Waals surface area contributed by atoms with Gasteiger partial charge in [0, 0.05) is 14.9 Å². The predicted molar refractivity (Wildman–Crippen MR) is 80.1 cm³/mol. The summed E-state index contributed by atoms with van der Waals surface area (Å²) in [6.45, 7) is 1.68. The molecule has 20 heavy (non-hydrogen) atoms. The summed E-state index contributed by atoms with van der Waals surface area (Å²) in [4.78, 5) is 12.3. The van der Waals surface area contributed by atoms with Crippen LogP contribution in [0, 0.1) is 11.6 Å². The third-order valence-corrected chi connectivity index (χ3v) is 4.36. The average Bonchev–Trinajstić information content (AvgIpc) is 2.43. The van der Waals surface area contributed by atoms with Gasteiger partial charge in [-0.15, -0.1) is 11.8 Å². The standard InChI is InChI=1S/C15H11BrF2OS/c1-9(15(19)10-2-4-11(16)5-3-10)20-14-8-12(17)6-7-13(14)18/h2-9H,1H3. The molecule has 1 atom stereocenters. The fraction of sp³-hybridized carbons (Fsp3) is 0.133. The van der Waals surface area contributed by atoms with Crippen LogP contribution in [-0.2, 0) is 0 Å². The molecular formula is C15H11BrF2OS. The molecule has 1 unspecified atom stereocenters. The second-order valence-electron chi connectivity index (χ2n) is 4.21. The van der Waals surface area contributed by atoms with Crippen LogP contribution in [0.3, 0.4) is 0 Å². The van der Waals surface area contributed by atoms with Crippen LogP contribution in [0.5, 0.6) is 0 Å². The van der Waals surface area contributed by atoms with Crippen molar-refractivity contribution in [3.05, 3.63) is 64.1 Å². The number of benzene rings is 2. The van der Waals surface area contributed by atoms with Gasteiger partial charge in [0.05, 0.1) is 5.25 Å². The van der Waals surface area contributed by atoms with Crippen LogP contribution in [0.25, 0.3) is 0 Å². The number of carbonyl (C=O) groups is 1. The molecule has 0 fully saturated rings. The van der Waals surface area contributed by atoms with E-state index < -0.39 is 16.9 Å². The Morgan fingerprint density at radius 2 is 1.80 bits per heavy atom. The summed E-state index contributed by atoms with van der Waals surface area (Å²) in [6.07, 6.45) is 0. The van der Waals surface area contributed by atoms with Crippen LogP contribution >= 0.6 is 27.7 Å². The Balaban J connectivity index is 2.15. The maximum absolute atomic E-state index is 13.5. The van der Waals surface area contributed by atoms with E-state index in [1.54, 1.807) is 31.2 Å². The largest absolute Gasteiger partial charge is 0.293 e. The highest BCUT2D eigenvalue weighted by atomic mass is 79.9. The first-order valence-corrected chi connectivity index (χ1v) is 7.56. The third-order valence-electron chi connectivity index (χ3n) is 2.69.